The first kappa shape index (κ1) is 14.7. The molecule has 1 aromatic heterocycles. The summed E-state index contributed by atoms with van der Waals surface area (Å²) in [6.45, 7) is 3.66. The third-order valence-corrected chi connectivity index (χ3v) is 3.28. The van der Waals surface area contributed by atoms with Crippen LogP contribution in [0.3, 0.4) is 0 Å². The Morgan fingerprint density at radius 1 is 1.30 bits per heavy atom. The van der Waals surface area contributed by atoms with Crippen molar-refractivity contribution in [1.29, 1.82) is 0 Å². The minimum Gasteiger partial charge on any atom is -0.367 e. The molecule has 0 aliphatic rings. The number of nitrogens with two attached hydrogens (primary N) is 1. The largest absolute Gasteiger partial charge is 0.367 e. The Morgan fingerprint density at radius 2 is 1.95 bits per heavy atom. The van der Waals surface area contributed by atoms with Gasteiger partial charge in [0.25, 0.3) is 5.91 Å². The minimum absolute atomic E-state index is 0.0317. The van der Waals surface area contributed by atoms with Crippen molar-refractivity contribution in [3.63, 3.8) is 0 Å². The van der Waals surface area contributed by atoms with Crippen molar-refractivity contribution in [2.75, 3.05) is 5.73 Å². The van der Waals surface area contributed by atoms with E-state index in [9.17, 15) is 9.18 Å². The number of anilines is 1. The summed E-state index contributed by atoms with van der Waals surface area (Å²) in [6, 6.07) is 2.14. The molecule has 2 N–H and O–H groups in total. The summed E-state index contributed by atoms with van der Waals surface area (Å²) in [5, 5.41) is 7.37. The average molecular weight is 317 g/mol. The molecule has 0 unspecified atom stereocenters. The van der Waals surface area contributed by atoms with E-state index >= 15 is 0 Å². The van der Waals surface area contributed by atoms with Gasteiger partial charge in [-0.3, -0.25) is 4.79 Å². The first-order valence-electron chi connectivity index (χ1n) is 5.73. The molecule has 0 saturated heterocycles. The molecule has 2 rings (SSSR count). The highest BCUT2D eigenvalue weighted by atomic mass is 35.5. The van der Waals surface area contributed by atoms with E-state index in [0.717, 1.165) is 10.6 Å². The van der Waals surface area contributed by atoms with Gasteiger partial charge in [-0.1, -0.05) is 37.0 Å². The highest BCUT2D eigenvalue weighted by Gasteiger charge is 2.23. The van der Waals surface area contributed by atoms with Gasteiger partial charge in [-0.15, -0.1) is 10.2 Å². The predicted octanol–water partition coefficient (Wildman–Crippen LogP) is 3.12. The van der Waals surface area contributed by atoms with Gasteiger partial charge in [0, 0.05) is 5.92 Å². The highest BCUT2D eigenvalue weighted by molar-refractivity contribution is 6.36. The van der Waals surface area contributed by atoms with E-state index in [1.54, 1.807) is 0 Å². The molecule has 5 nitrogen and oxygen atoms in total. The van der Waals surface area contributed by atoms with E-state index in [0.29, 0.717) is 5.82 Å². The zero-order valence-corrected chi connectivity index (χ0v) is 12.2. The van der Waals surface area contributed by atoms with Crippen molar-refractivity contribution in [1.82, 2.24) is 14.8 Å². The van der Waals surface area contributed by atoms with Crippen LogP contribution in [0.1, 0.15) is 35.9 Å². The van der Waals surface area contributed by atoms with Crippen LogP contribution in [0.25, 0.3) is 0 Å². The molecule has 0 aliphatic carbocycles. The number of halogens is 3. The first-order valence-corrected chi connectivity index (χ1v) is 6.48. The molecule has 0 radical (unpaired) electrons. The first-order chi connectivity index (χ1) is 9.32. The van der Waals surface area contributed by atoms with Crippen LogP contribution in [0.4, 0.5) is 10.3 Å². The summed E-state index contributed by atoms with van der Waals surface area (Å²) < 4.78 is 14.6. The molecule has 1 aromatic carbocycles. The zero-order valence-electron chi connectivity index (χ0n) is 10.7. The molecule has 8 heteroatoms. The van der Waals surface area contributed by atoms with E-state index in [2.05, 4.69) is 10.2 Å². The molecule has 0 bridgehead atoms. The third kappa shape index (κ3) is 2.48. The second-order valence-electron chi connectivity index (χ2n) is 4.46. The van der Waals surface area contributed by atoms with Gasteiger partial charge in [0.15, 0.2) is 0 Å². The summed E-state index contributed by atoms with van der Waals surface area (Å²) in [5.74, 6) is -1.13. The highest BCUT2D eigenvalue weighted by Crippen LogP contribution is 2.26. The summed E-state index contributed by atoms with van der Waals surface area (Å²) in [4.78, 5) is 12.4. The molecule has 0 atom stereocenters. The Morgan fingerprint density at radius 3 is 2.55 bits per heavy atom. The van der Waals surface area contributed by atoms with Gasteiger partial charge in [0.05, 0.1) is 15.6 Å². The van der Waals surface area contributed by atoms with Gasteiger partial charge in [-0.25, -0.2) is 8.96 Å². The van der Waals surface area contributed by atoms with Gasteiger partial charge in [0.2, 0.25) is 5.95 Å². The topological polar surface area (TPSA) is 73.8 Å². The molecule has 106 valence electrons. The van der Waals surface area contributed by atoms with E-state index < -0.39 is 11.7 Å². The van der Waals surface area contributed by atoms with Crippen LogP contribution in [0.15, 0.2) is 12.1 Å². The van der Waals surface area contributed by atoms with Crippen LogP contribution in [0.2, 0.25) is 10.0 Å². The van der Waals surface area contributed by atoms with Crippen molar-refractivity contribution in [3.8, 4) is 0 Å². The molecule has 0 amide bonds. The molecule has 0 saturated carbocycles. The molecule has 0 spiro atoms. The van der Waals surface area contributed by atoms with Gasteiger partial charge in [-0.2, -0.15) is 0 Å². The normalized spacial score (nSPS) is 11.1. The molecule has 0 fully saturated rings. The number of benzene rings is 1. The Hall–Kier alpha value is -1.66. The summed E-state index contributed by atoms with van der Waals surface area (Å²) in [6.07, 6.45) is 0. The van der Waals surface area contributed by atoms with Crippen LogP contribution in [-0.4, -0.2) is 20.7 Å². The number of hydrogen-bond acceptors (Lipinski definition) is 4. The average Bonchev–Trinajstić information content (AvgIpc) is 2.75. The fourth-order valence-electron chi connectivity index (χ4n) is 1.70. The fraction of sp³-hybridized carbons (Fsp3) is 0.250. The molecular formula is C12H11Cl2FN4O. The number of aromatic nitrogens is 3. The van der Waals surface area contributed by atoms with Crippen LogP contribution in [0.5, 0.6) is 0 Å². The van der Waals surface area contributed by atoms with Crippen molar-refractivity contribution in [2.45, 2.75) is 19.8 Å². The lowest BCUT2D eigenvalue weighted by Crippen LogP contribution is -2.19. The smallest absolute Gasteiger partial charge is 0.267 e. The van der Waals surface area contributed by atoms with Crippen molar-refractivity contribution in [2.24, 2.45) is 0 Å². The monoisotopic (exact) mass is 316 g/mol. The van der Waals surface area contributed by atoms with Crippen LogP contribution in [0, 0.1) is 5.82 Å². The second kappa shape index (κ2) is 5.38. The molecular weight excluding hydrogens is 306 g/mol. The number of nitrogens with zero attached hydrogens (tertiary/aromatic N) is 3. The maximum atomic E-state index is 13.5. The van der Waals surface area contributed by atoms with Crippen LogP contribution >= 0.6 is 23.2 Å². The Kier molecular flexibility index (Phi) is 3.96. The second-order valence-corrected chi connectivity index (χ2v) is 5.27. The van der Waals surface area contributed by atoms with E-state index in [1.165, 1.54) is 6.07 Å². The lowest BCUT2D eigenvalue weighted by Gasteiger charge is -2.10. The van der Waals surface area contributed by atoms with Crippen molar-refractivity contribution < 1.29 is 9.18 Å². The van der Waals surface area contributed by atoms with Crippen LogP contribution < -0.4 is 5.73 Å². The van der Waals surface area contributed by atoms with Gasteiger partial charge >= 0.3 is 0 Å². The Labute approximate surface area is 124 Å². The van der Waals surface area contributed by atoms with Crippen molar-refractivity contribution >= 4 is 35.1 Å². The number of nitrogen functional groups attached to an aromatic ring is 1. The Balaban J connectivity index is 2.58. The third-order valence-electron chi connectivity index (χ3n) is 2.67. The van der Waals surface area contributed by atoms with E-state index in [-0.39, 0.29) is 27.5 Å². The summed E-state index contributed by atoms with van der Waals surface area (Å²) >= 11 is 11.5. The Bertz CT molecular complexity index is 684. The molecule has 20 heavy (non-hydrogen) atoms. The van der Waals surface area contributed by atoms with E-state index in [1.807, 2.05) is 13.8 Å². The van der Waals surface area contributed by atoms with Gasteiger partial charge in [-0.05, 0) is 12.1 Å². The van der Waals surface area contributed by atoms with Crippen LogP contribution in [-0.2, 0) is 0 Å². The van der Waals surface area contributed by atoms with Gasteiger partial charge < -0.3 is 5.73 Å². The summed E-state index contributed by atoms with van der Waals surface area (Å²) in [7, 11) is 0. The number of carbonyl (C=O) groups excluding carboxylic acids is 1. The maximum Gasteiger partial charge on any atom is 0.267 e. The molecule has 2 aromatic rings. The van der Waals surface area contributed by atoms with Gasteiger partial charge in [0.1, 0.15) is 11.6 Å². The number of rotatable bonds is 2. The SMILES string of the molecule is CC(C)c1nnc(N)n1C(=O)c1cc(F)c(Cl)cc1Cl. The fourth-order valence-corrected chi connectivity index (χ4v) is 2.16. The standard InChI is InChI=1S/C12H11Cl2FN4O/c1-5(2)10-17-18-12(16)19(10)11(20)6-3-9(15)8(14)4-7(6)13/h3-5H,1-2H3,(H2,16,18). The molecule has 1 heterocycles. The maximum absolute atomic E-state index is 13.5. The number of carbonyl (C=O) groups is 1. The predicted molar refractivity (Wildman–Crippen MR) is 74.7 cm³/mol. The molecule has 0 aliphatic heterocycles. The van der Waals surface area contributed by atoms with E-state index in [4.69, 9.17) is 28.9 Å². The number of hydrogen-bond donors (Lipinski definition) is 1. The minimum atomic E-state index is -0.739. The summed E-state index contributed by atoms with van der Waals surface area (Å²) in [5.41, 5.74) is 5.59. The lowest BCUT2D eigenvalue weighted by molar-refractivity contribution is 0.0957. The lowest BCUT2D eigenvalue weighted by atomic mass is 10.1. The quantitative estimate of drug-likeness (QED) is 0.864. The van der Waals surface area contributed by atoms with Crippen molar-refractivity contribution in [3.05, 3.63) is 39.4 Å². The zero-order chi connectivity index (χ0) is 15.0.